The van der Waals surface area contributed by atoms with Crippen LogP contribution >= 0.6 is 0 Å². The fraction of sp³-hybridized carbons (Fsp3) is 0.409. The number of nitrogens with zero attached hydrogens (tertiary/aromatic N) is 2. The van der Waals surface area contributed by atoms with Crippen LogP contribution in [0, 0.1) is 0 Å². The Morgan fingerprint density at radius 3 is 2.34 bits per heavy atom. The van der Waals surface area contributed by atoms with Gasteiger partial charge in [-0.2, -0.15) is 0 Å². The molecule has 3 rings (SSSR count). The predicted octanol–water partition coefficient (Wildman–Crippen LogP) is 3.85. The van der Waals surface area contributed by atoms with Gasteiger partial charge in [-0.25, -0.2) is 4.79 Å². The molecule has 1 aliphatic heterocycles. The molecule has 156 valence electrons. The summed E-state index contributed by atoms with van der Waals surface area (Å²) in [5.41, 5.74) is 1.69. The molecule has 1 fully saturated rings. The molecule has 0 radical (unpaired) electrons. The van der Waals surface area contributed by atoms with Crippen LogP contribution in [0.5, 0.6) is 17.2 Å². The summed E-state index contributed by atoms with van der Waals surface area (Å²) in [6.45, 7) is 6.61. The predicted molar refractivity (Wildman–Crippen MR) is 115 cm³/mol. The van der Waals surface area contributed by atoms with Crippen LogP contribution in [0.4, 0.5) is 16.2 Å². The molecule has 1 N–H and O–H groups in total. The number of methoxy groups -OCH3 is 2. The highest BCUT2D eigenvalue weighted by atomic mass is 16.5. The van der Waals surface area contributed by atoms with Crippen LogP contribution in [0.25, 0.3) is 0 Å². The van der Waals surface area contributed by atoms with Gasteiger partial charge in [-0.15, -0.1) is 0 Å². The van der Waals surface area contributed by atoms with Crippen molar-refractivity contribution in [2.45, 2.75) is 20.0 Å². The third-order valence-corrected chi connectivity index (χ3v) is 4.79. The molecule has 0 atom stereocenters. The van der Waals surface area contributed by atoms with Crippen molar-refractivity contribution >= 4 is 17.4 Å². The molecule has 0 aliphatic carbocycles. The van der Waals surface area contributed by atoms with E-state index in [-0.39, 0.29) is 12.1 Å². The van der Waals surface area contributed by atoms with Crippen molar-refractivity contribution in [3.8, 4) is 17.2 Å². The largest absolute Gasteiger partial charge is 0.497 e. The van der Waals surface area contributed by atoms with E-state index in [1.54, 1.807) is 14.2 Å². The molecule has 1 heterocycles. The van der Waals surface area contributed by atoms with Gasteiger partial charge in [0.05, 0.1) is 31.7 Å². The molecule has 7 nitrogen and oxygen atoms in total. The van der Waals surface area contributed by atoms with Crippen molar-refractivity contribution in [3.63, 3.8) is 0 Å². The quantitative estimate of drug-likeness (QED) is 0.800. The van der Waals surface area contributed by atoms with Crippen molar-refractivity contribution < 1.29 is 19.0 Å². The highest BCUT2D eigenvalue weighted by Crippen LogP contribution is 2.33. The minimum Gasteiger partial charge on any atom is -0.497 e. The lowest BCUT2D eigenvalue weighted by Crippen LogP contribution is -2.50. The molecular weight excluding hydrogens is 370 g/mol. The number of amides is 2. The number of ether oxygens (including phenoxy) is 3. The summed E-state index contributed by atoms with van der Waals surface area (Å²) in [7, 11) is 3.29. The van der Waals surface area contributed by atoms with Crippen molar-refractivity contribution in [1.29, 1.82) is 0 Å². The molecule has 0 unspecified atom stereocenters. The average molecular weight is 399 g/mol. The minimum atomic E-state index is -0.119. The minimum absolute atomic E-state index is 0.0380. The molecule has 7 heteroatoms. The molecule has 0 bridgehead atoms. The summed E-state index contributed by atoms with van der Waals surface area (Å²) in [4.78, 5) is 16.8. The first-order chi connectivity index (χ1) is 14.0. The van der Waals surface area contributed by atoms with Crippen molar-refractivity contribution in [2.75, 3.05) is 50.6 Å². The Balaban J connectivity index is 1.62. The number of para-hydroxylation sites is 2. The highest BCUT2D eigenvalue weighted by molar-refractivity contribution is 5.91. The van der Waals surface area contributed by atoms with E-state index >= 15 is 0 Å². The first-order valence-corrected chi connectivity index (χ1v) is 9.80. The molecule has 29 heavy (non-hydrogen) atoms. The van der Waals surface area contributed by atoms with Crippen LogP contribution in [0.3, 0.4) is 0 Å². The number of carbonyl (C=O) groups excluding carboxylic acids is 1. The number of benzene rings is 2. The molecule has 1 saturated heterocycles. The number of nitrogens with one attached hydrogen (secondary N) is 1. The van der Waals surface area contributed by atoms with Gasteiger partial charge in [-0.05, 0) is 38.1 Å². The van der Waals surface area contributed by atoms with Gasteiger partial charge in [0, 0.05) is 32.2 Å². The van der Waals surface area contributed by atoms with Crippen molar-refractivity contribution in [1.82, 2.24) is 4.90 Å². The Morgan fingerprint density at radius 1 is 0.966 bits per heavy atom. The average Bonchev–Trinajstić information content (AvgIpc) is 2.74. The number of piperazine rings is 1. The number of anilines is 2. The van der Waals surface area contributed by atoms with E-state index in [1.807, 2.05) is 61.2 Å². The first-order valence-electron chi connectivity index (χ1n) is 9.80. The monoisotopic (exact) mass is 399 g/mol. The zero-order chi connectivity index (χ0) is 20.8. The van der Waals surface area contributed by atoms with Crippen molar-refractivity contribution in [2.24, 2.45) is 0 Å². The standard InChI is InChI=1S/C22H29N3O4/c1-16(2)29-20-8-6-5-7-18(20)23-22(26)25-13-11-24(12-14-25)19-10-9-17(27-3)15-21(19)28-4/h5-10,15-16H,11-14H2,1-4H3,(H,23,26). The SMILES string of the molecule is COc1ccc(N2CCN(C(=O)Nc3ccccc3OC(C)C)CC2)c(OC)c1. The van der Waals surface area contributed by atoms with Crippen molar-refractivity contribution in [3.05, 3.63) is 42.5 Å². The molecule has 2 aromatic carbocycles. The summed E-state index contributed by atoms with van der Waals surface area (Å²) in [5, 5.41) is 2.98. The number of hydrogen-bond donors (Lipinski definition) is 1. The third kappa shape index (κ3) is 5.04. The Bertz CT molecular complexity index is 833. The van der Waals surface area contributed by atoms with Crippen LogP contribution < -0.4 is 24.4 Å². The maximum Gasteiger partial charge on any atom is 0.322 e. The second-order valence-electron chi connectivity index (χ2n) is 7.10. The summed E-state index contributed by atoms with van der Waals surface area (Å²) in [6, 6.07) is 13.2. The van der Waals surface area contributed by atoms with Crippen LogP contribution in [-0.4, -0.2) is 57.4 Å². The van der Waals surface area contributed by atoms with Gasteiger partial charge in [-0.3, -0.25) is 0 Å². The van der Waals surface area contributed by atoms with Gasteiger partial charge >= 0.3 is 6.03 Å². The fourth-order valence-electron chi connectivity index (χ4n) is 3.32. The van der Waals surface area contributed by atoms with Gasteiger partial charge in [-0.1, -0.05) is 12.1 Å². The smallest absolute Gasteiger partial charge is 0.322 e. The number of carbonyl (C=O) groups is 1. The molecule has 0 saturated carbocycles. The van der Waals surface area contributed by atoms with Gasteiger partial charge in [0.25, 0.3) is 0 Å². The molecular formula is C22H29N3O4. The third-order valence-electron chi connectivity index (χ3n) is 4.79. The van der Waals surface area contributed by atoms with Gasteiger partial charge in [0.1, 0.15) is 17.2 Å². The van der Waals surface area contributed by atoms with Gasteiger partial charge < -0.3 is 29.3 Å². The van der Waals surface area contributed by atoms with Gasteiger partial charge in [0.2, 0.25) is 0 Å². The summed E-state index contributed by atoms with van der Waals surface area (Å²) in [5.74, 6) is 2.20. The summed E-state index contributed by atoms with van der Waals surface area (Å²) in [6.07, 6.45) is 0.0380. The van der Waals surface area contributed by atoms with Crippen LogP contribution in [0.15, 0.2) is 42.5 Å². The lowest BCUT2D eigenvalue weighted by molar-refractivity contribution is 0.207. The van der Waals surface area contributed by atoms with E-state index in [1.165, 1.54) is 0 Å². The molecule has 2 aromatic rings. The van der Waals surface area contributed by atoms with E-state index in [4.69, 9.17) is 14.2 Å². The second-order valence-corrected chi connectivity index (χ2v) is 7.10. The molecule has 0 spiro atoms. The van der Waals surface area contributed by atoms with Crippen LogP contribution in [0.1, 0.15) is 13.8 Å². The highest BCUT2D eigenvalue weighted by Gasteiger charge is 2.24. The fourth-order valence-corrected chi connectivity index (χ4v) is 3.32. The Morgan fingerprint density at radius 2 is 1.69 bits per heavy atom. The maximum absolute atomic E-state index is 12.8. The summed E-state index contributed by atoms with van der Waals surface area (Å²) >= 11 is 0. The van der Waals surface area contributed by atoms with Crippen LogP contribution in [0.2, 0.25) is 0 Å². The maximum atomic E-state index is 12.8. The zero-order valence-corrected chi connectivity index (χ0v) is 17.5. The lowest BCUT2D eigenvalue weighted by Gasteiger charge is -2.36. The van der Waals surface area contributed by atoms with E-state index in [9.17, 15) is 4.79 Å². The second kappa shape index (κ2) is 9.41. The number of rotatable bonds is 6. The molecule has 1 aliphatic rings. The van der Waals surface area contributed by atoms with Gasteiger partial charge in [0.15, 0.2) is 0 Å². The normalized spacial score (nSPS) is 14.0. The molecule has 0 aromatic heterocycles. The van der Waals surface area contributed by atoms with E-state index in [0.29, 0.717) is 24.5 Å². The molecule has 2 amide bonds. The Labute approximate surface area is 172 Å². The number of hydrogen-bond acceptors (Lipinski definition) is 5. The van der Waals surface area contributed by atoms with E-state index in [0.717, 1.165) is 30.3 Å². The number of urea groups is 1. The topological polar surface area (TPSA) is 63.3 Å². The van der Waals surface area contributed by atoms with Crippen LogP contribution in [-0.2, 0) is 0 Å². The van der Waals surface area contributed by atoms with E-state index < -0.39 is 0 Å². The van der Waals surface area contributed by atoms with E-state index in [2.05, 4.69) is 10.2 Å². The summed E-state index contributed by atoms with van der Waals surface area (Å²) < 4.78 is 16.6. The Kier molecular flexibility index (Phi) is 6.69. The first kappa shape index (κ1) is 20.6. The Hall–Kier alpha value is -3.09. The zero-order valence-electron chi connectivity index (χ0n) is 17.5. The lowest BCUT2D eigenvalue weighted by atomic mass is 10.2.